The molecule has 0 saturated heterocycles. The van der Waals surface area contributed by atoms with E-state index in [4.69, 9.17) is 4.42 Å². The van der Waals surface area contributed by atoms with E-state index in [1.807, 2.05) is 55.5 Å². The lowest BCUT2D eigenvalue weighted by Gasteiger charge is -1.92. The van der Waals surface area contributed by atoms with E-state index in [1.54, 1.807) is 18.7 Å². The Bertz CT molecular complexity index is 551. The van der Waals surface area contributed by atoms with Gasteiger partial charge in [-0.05, 0) is 30.2 Å². The van der Waals surface area contributed by atoms with E-state index in [0.29, 0.717) is 5.76 Å². The molecule has 0 aliphatic rings. The summed E-state index contributed by atoms with van der Waals surface area (Å²) in [5.41, 5.74) is 2.19. The van der Waals surface area contributed by atoms with Gasteiger partial charge in [-0.1, -0.05) is 36.4 Å². The van der Waals surface area contributed by atoms with Gasteiger partial charge in [0.2, 0.25) is 0 Å². The van der Waals surface area contributed by atoms with Gasteiger partial charge in [0.05, 0.1) is 18.7 Å². The van der Waals surface area contributed by atoms with E-state index in [1.165, 1.54) is 0 Å². The van der Waals surface area contributed by atoms with Crippen LogP contribution in [0.1, 0.15) is 18.2 Å². The monoisotopic (exact) mass is 238 g/mol. The molecule has 0 unspecified atom stereocenters. The Balaban J connectivity index is 1.95. The molecule has 90 valence electrons. The van der Waals surface area contributed by atoms with E-state index >= 15 is 0 Å². The van der Waals surface area contributed by atoms with Gasteiger partial charge in [0.15, 0.2) is 0 Å². The molecule has 0 aliphatic carbocycles. The largest absolute Gasteiger partial charge is 0.463 e. The van der Waals surface area contributed by atoms with Crippen molar-refractivity contribution in [3.8, 4) is 0 Å². The van der Waals surface area contributed by atoms with Crippen LogP contribution in [-0.4, -0.2) is 12.4 Å². The van der Waals surface area contributed by atoms with Crippen molar-refractivity contribution in [2.24, 2.45) is 10.2 Å². The number of hydrogen-bond donors (Lipinski definition) is 0. The summed E-state index contributed by atoms with van der Waals surface area (Å²) in [5, 5.41) is 7.86. The summed E-state index contributed by atoms with van der Waals surface area (Å²) < 4.78 is 5.10. The first-order valence-electron chi connectivity index (χ1n) is 5.68. The first-order chi connectivity index (χ1) is 8.84. The zero-order valence-corrected chi connectivity index (χ0v) is 10.2. The third kappa shape index (κ3) is 3.87. The van der Waals surface area contributed by atoms with Crippen LogP contribution in [0.4, 0.5) is 0 Å². The average Bonchev–Trinajstić information content (AvgIpc) is 2.89. The zero-order chi connectivity index (χ0) is 12.6. The van der Waals surface area contributed by atoms with Gasteiger partial charge in [0.1, 0.15) is 5.76 Å². The minimum atomic E-state index is 0.692. The zero-order valence-electron chi connectivity index (χ0n) is 10.2. The number of furan rings is 1. The first kappa shape index (κ1) is 12.0. The maximum atomic E-state index is 5.10. The van der Waals surface area contributed by atoms with Crippen molar-refractivity contribution < 1.29 is 4.42 Å². The normalized spacial score (nSPS) is 12.6. The molecule has 18 heavy (non-hydrogen) atoms. The fourth-order valence-corrected chi connectivity index (χ4v) is 1.43. The van der Waals surface area contributed by atoms with E-state index < -0.39 is 0 Å². The molecular weight excluding hydrogens is 224 g/mol. The maximum absolute atomic E-state index is 5.10. The van der Waals surface area contributed by atoms with Gasteiger partial charge in [-0.15, -0.1) is 0 Å². The fourth-order valence-electron chi connectivity index (χ4n) is 1.43. The molecule has 0 atom stereocenters. The third-order valence-corrected chi connectivity index (χ3v) is 2.25. The van der Waals surface area contributed by atoms with Gasteiger partial charge >= 0.3 is 0 Å². The molecule has 0 amide bonds. The van der Waals surface area contributed by atoms with Crippen molar-refractivity contribution >= 4 is 18.5 Å². The van der Waals surface area contributed by atoms with Crippen molar-refractivity contribution in [3.05, 3.63) is 65.6 Å². The topological polar surface area (TPSA) is 37.9 Å². The molecule has 1 heterocycles. The van der Waals surface area contributed by atoms with Gasteiger partial charge in [-0.2, -0.15) is 10.2 Å². The lowest BCUT2D eigenvalue weighted by atomic mass is 10.1. The minimum absolute atomic E-state index is 0.692. The number of benzene rings is 1. The Morgan fingerprint density at radius 3 is 2.61 bits per heavy atom. The molecule has 0 aliphatic heterocycles. The van der Waals surface area contributed by atoms with Crippen LogP contribution in [0.25, 0.3) is 6.08 Å². The SMILES string of the molecule is CC(/C=N/N=C/c1ccco1)=C\c1ccccc1. The maximum Gasteiger partial charge on any atom is 0.146 e. The van der Waals surface area contributed by atoms with Crippen molar-refractivity contribution in [2.45, 2.75) is 6.92 Å². The van der Waals surface area contributed by atoms with Gasteiger partial charge < -0.3 is 4.42 Å². The predicted molar refractivity (Wildman–Crippen MR) is 74.9 cm³/mol. The second-order valence-corrected chi connectivity index (χ2v) is 3.80. The van der Waals surface area contributed by atoms with E-state index in [0.717, 1.165) is 11.1 Å². The molecule has 2 rings (SSSR count). The van der Waals surface area contributed by atoms with E-state index in [9.17, 15) is 0 Å². The van der Waals surface area contributed by atoms with Crippen molar-refractivity contribution in [1.82, 2.24) is 0 Å². The summed E-state index contributed by atoms with van der Waals surface area (Å²) in [6.45, 7) is 1.99. The highest BCUT2D eigenvalue weighted by atomic mass is 16.3. The predicted octanol–water partition coefficient (Wildman–Crippen LogP) is 3.79. The van der Waals surface area contributed by atoms with Crippen LogP contribution >= 0.6 is 0 Å². The van der Waals surface area contributed by atoms with Crippen LogP contribution in [0, 0.1) is 0 Å². The number of rotatable bonds is 4. The molecule has 2 aromatic rings. The van der Waals surface area contributed by atoms with Crippen LogP contribution in [0.3, 0.4) is 0 Å². The molecule has 1 aromatic carbocycles. The summed E-state index contributed by atoms with van der Waals surface area (Å²) in [5.74, 6) is 0.692. The average molecular weight is 238 g/mol. The Kier molecular flexibility index (Phi) is 4.25. The first-order valence-corrected chi connectivity index (χ1v) is 5.68. The molecule has 3 heteroatoms. The van der Waals surface area contributed by atoms with Gasteiger partial charge in [0, 0.05) is 0 Å². The summed E-state index contributed by atoms with van der Waals surface area (Å²) in [6.07, 6.45) is 6.94. The van der Waals surface area contributed by atoms with Crippen LogP contribution in [0.15, 0.2) is 68.9 Å². The van der Waals surface area contributed by atoms with Crippen LogP contribution < -0.4 is 0 Å². The number of nitrogens with zero attached hydrogens (tertiary/aromatic N) is 2. The molecule has 0 spiro atoms. The second-order valence-electron chi connectivity index (χ2n) is 3.80. The van der Waals surface area contributed by atoms with E-state index in [-0.39, 0.29) is 0 Å². The fraction of sp³-hybridized carbons (Fsp3) is 0.0667. The smallest absolute Gasteiger partial charge is 0.146 e. The van der Waals surface area contributed by atoms with Gasteiger partial charge in [0.25, 0.3) is 0 Å². The summed E-state index contributed by atoms with van der Waals surface area (Å²) in [7, 11) is 0. The molecular formula is C15H14N2O. The summed E-state index contributed by atoms with van der Waals surface area (Å²) >= 11 is 0. The highest BCUT2D eigenvalue weighted by molar-refractivity contribution is 5.85. The number of hydrogen-bond acceptors (Lipinski definition) is 3. The van der Waals surface area contributed by atoms with Crippen LogP contribution in [0.2, 0.25) is 0 Å². The molecule has 0 radical (unpaired) electrons. The Labute approximate surface area is 106 Å². The minimum Gasteiger partial charge on any atom is -0.463 e. The molecule has 0 saturated carbocycles. The molecule has 0 bridgehead atoms. The number of allylic oxidation sites excluding steroid dienone is 1. The molecule has 3 nitrogen and oxygen atoms in total. The van der Waals surface area contributed by atoms with Crippen LogP contribution in [-0.2, 0) is 0 Å². The van der Waals surface area contributed by atoms with Crippen molar-refractivity contribution in [2.75, 3.05) is 0 Å². The summed E-state index contributed by atoms with van der Waals surface area (Å²) in [6, 6.07) is 13.7. The lowest BCUT2D eigenvalue weighted by Crippen LogP contribution is -1.79. The Morgan fingerprint density at radius 1 is 1.06 bits per heavy atom. The highest BCUT2D eigenvalue weighted by Gasteiger charge is 1.88. The van der Waals surface area contributed by atoms with Gasteiger partial charge in [-0.25, -0.2) is 0 Å². The molecule has 0 N–H and O–H groups in total. The second kappa shape index (κ2) is 6.35. The Morgan fingerprint density at radius 2 is 1.89 bits per heavy atom. The quantitative estimate of drug-likeness (QED) is 0.590. The van der Waals surface area contributed by atoms with Crippen molar-refractivity contribution in [1.29, 1.82) is 0 Å². The summed E-state index contributed by atoms with van der Waals surface area (Å²) in [4.78, 5) is 0. The lowest BCUT2D eigenvalue weighted by molar-refractivity contribution is 0.560. The van der Waals surface area contributed by atoms with Gasteiger partial charge in [-0.3, -0.25) is 0 Å². The van der Waals surface area contributed by atoms with E-state index in [2.05, 4.69) is 10.2 Å². The van der Waals surface area contributed by atoms with Crippen molar-refractivity contribution in [3.63, 3.8) is 0 Å². The molecule has 0 fully saturated rings. The highest BCUT2D eigenvalue weighted by Crippen LogP contribution is 2.04. The standard InChI is InChI=1S/C15H14N2O/c1-13(10-14-6-3-2-4-7-14)11-16-17-12-15-8-5-9-18-15/h2-12H,1H3/b13-10+,16-11+,17-12+. The third-order valence-electron chi connectivity index (χ3n) is 2.25. The Hall–Kier alpha value is -2.42. The van der Waals surface area contributed by atoms with Crippen LogP contribution in [0.5, 0.6) is 0 Å². The molecule has 1 aromatic heterocycles.